The molecule has 23 heavy (non-hydrogen) atoms. The van der Waals surface area contributed by atoms with Crippen LogP contribution in [0.2, 0.25) is 0 Å². The molecule has 0 bridgehead atoms. The fourth-order valence-corrected chi connectivity index (χ4v) is 2.02. The number of rotatable bonds is 4. The van der Waals surface area contributed by atoms with Gasteiger partial charge in [0, 0.05) is 12.1 Å². The van der Waals surface area contributed by atoms with Crippen LogP contribution in [0, 0.1) is 24.0 Å². The Morgan fingerprint density at radius 1 is 1.00 bits per heavy atom. The highest BCUT2D eigenvalue weighted by atomic mass is 19.4. The lowest BCUT2D eigenvalue weighted by atomic mass is 10.1. The van der Waals surface area contributed by atoms with Crippen LogP contribution in [0.15, 0.2) is 36.4 Å². The van der Waals surface area contributed by atoms with Crippen LogP contribution in [0.4, 0.5) is 18.9 Å². The monoisotopic (exact) mass is 327 g/mol. The average molecular weight is 327 g/mol. The zero-order valence-corrected chi connectivity index (χ0v) is 12.2. The van der Waals surface area contributed by atoms with E-state index in [0.717, 1.165) is 12.1 Å². The van der Waals surface area contributed by atoms with E-state index < -0.39 is 11.3 Å². The third kappa shape index (κ3) is 4.35. The summed E-state index contributed by atoms with van der Waals surface area (Å²) in [6.45, 7) is 3.30. The summed E-state index contributed by atoms with van der Waals surface area (Å²) in [5.41, 5.74) is 1.04. The van der Waals surface area contributed by atoms with Crippen molar-refractivity contribution in [1.29, 1.82) is 0 Å². The number of non-ortho nitro benzene ring substituents is 1. The molecule has 0 aliphatic carbocycles. The molecule has 2 rings (SSSR count). The van der Waals surface area contributed by atoms with Crippen molar-refractivity contribution in [3.63, 3.8) is 0 Å². The Morgan fingerprint density at radius 2 is 1.48 bits per heavy atom. The Hall–Kier alpha value is -2.77. The molecule has 5 nitrogen and oxygen atoms in total. The first-order chi connectivity index (χ1) is 10.7. The van der Waals surface area contributed by atoms with Gasteiger partial charge in [0.25, 0.3) is 5.69 Å². The van der Waals surface area contributed by atoms with Gasteiger partial charge >= 0.3 is 6.36 Å². The summed E-state index contributed by atoms with van der Waals surface area (Å²) in [7, 11) is 0. The van der Waals surface area contributed by atoms with Crippen molar-refractivity contribution in [1.82, 2.24) is 0 Å². The normalized spacial score (nSPS) is 11.2. The Morgan fingerprint density at radius 3 is 1.91 bits per heavy atom. The molecule has 2 aromatic carbocycles. The predicted octanol–water partition coefficient (Wildman–Crippen LogP) is 4.90. The van der Waals surface area contributed by atoms with Gasteiger partial charge in [0.15, 0.2) is 0 Å². The first-order valence-corrected chi connectivity index (χ1v) is 6.45. The number of nitro benzene ring substituents is 1. The van der Waals surface area contributed by atoms with E-state index in [1.165, 1.54) is 24.3 Å². The molecule has 0 unspecified atom stereocenters. The van der Waals surface area contributed by atoms with Gasteiger partial charge in [-0.05, 0) is 49.2 Å². The molecule has 0 aliphatic heterocycles. The molecule has 0 saturated carbocycles. The Bertz CT molecular complexity index is 703. The lowest BCUT2D eigenvalue weighted by Gasteiger charge is -2.13. The Kier molecular flexibility index (Phi) is 4.44. The van der Waals surface area contributed by atoms with Gasteiger partial charge in [0.2, 0.25) is 0 Å². The van der Waals surface area contributed by atoms with Gasteiger partial charge in [-0.25, -0.2) is 0 Å². The Labute approximate surface area is 129 Å². The molecule has 8 heteroatoms. The fraction of sp³-hybridized carbons (Fsp3) is 0.200. The number of benzene rings is 2. The second-order valence-electron chi connectivity index (χ2n) is 4.79. The maximum Gasteiger partial charge on any atom is 0.573 e. The van der Waals surface area contributed by atoms with Crippen LogP contribution in [0.3, 0.4) is 0 Å². The van der Waals surface area contributed by atoms with E-state index in [9.17, 15) is 23.3 Å². The van der Waals surface area contributed by atoms with E-state index >= 15 is 0 Å². The summed E-state index contributed by atoms with van der Waals surface area (Å²) < 4.78 is 45.6. The van der Waals surface area contributed by atoms with Crippen molar-refractivity contribution in [2.45, 2.75) is 20.2 Å². The number of aryl methyl sites for hydroxylation is 2. The first-order valence-electron chi connectivity index (χ1n) is 6.45. The summed E-state index contributed by atoms with van der Waals surface area (Å²) in [5.74, 6) is 0.349. The lowest BCUT2D eigenvalue weighted by molar-refractivity contribution is -0.385. The second-order valence-corrected chi connectivity index (χ2v) is 4.79. The van der Waals surface area contributed by atoms with E-state index in [1.807, 2.05) is 0 Å². The van der Waals surface area contributed by atoms with Crippen molar-refractivity contribution >= 4 is 5.69 Å². The molecule has 0 aliphatic rings. The van der Waals surface area contributed by atoms with Crippen LogP contribution in [-0.4, -0.2) is 11.3 Å². The standard InChI is InChI=1S/C15H12F3NO4/c1-9-7-11(19(20)21)8-10(2)14(9)22-12-3-5-13(6-4-12)23-15(16,17)18/h3-8H,1-2H3. The highest BCUT2D eigenvalue weighted by Crippen LogP contribution is 2.33. The number of nitrogens with zero attached hydrogens (tertiary/aromatic N) is 1. The molecule has 0 N–H and O–H groups in total. The molecular weight excluding hydrogens is 315 g/mol. The van der Waals surface area contributed by atoms with Crippen LogP contribution in [0.1, 0.15) is 11.1 Å². The van der Waals surface area contributed by atoms with E-state index in [1.54, 1.807) is 13.8 Å². The molecule has 122 valence electrons. The fourth-order valence-electron chi connectivity index (χ4n) is 2.02. The maximum atomic E-state index is 12.1. The van der Waals surface area contributed by atoms with Gasteiger partial charge < -0.3 is 9.47 Å². The van der Waals surface area contributed by atoms with Crippen molar-refractivity contribution in [2.24, 2.45) is 0 Å². The Balaban J connectivity index is 2.21. The average Bonchev–Trinajstić information content (AvgIpc) is 2.42. The smallest absolute Gasteiger partial charge is 0.457 e. The topological polar surface area (TPSA) is 61.6 Å². The van der Waals surface area contributed by atoms with Gasteiger partial charge in [0.1, 0.15) is 17.2 Å². The van der Waals surface area contributed by atoms with E-state index in [-0.39, 0.29) is 11.4 Å². The van der Waals surface area contributed by atoms with E-state index in [0.29, 0.717) is 22.6 Å². The first kappa shape index (κ1) is 16.6. The second kappa shape index (κ2) is 6.15. The summed E-state index contributed by atoms with van der Waals surface area (Å²) in [6.07, 6.45) is -4.76. The van der Waals surface area contributed by atoms with E-state index in [4.69, 9.17) is 4.74 Å². The third-order valence-electron chi connectivity index (χ3n) is 2.93. The molecule has 0 fully saturated rings. The van der Waals surface area contributed by atoms with Crippen molar-refractivity contribution in [3.05, 3.63) is 57.6 Å². The van der Waals surface area contributed by atoms with Crippen LogP contribution in [0.25, 0.3) is 0 Å². The molecule has 0 spiro atoms. The third-order valence-corrected chi connectivity index (χ3v) is 2.93. The molecule has 2 aromatic rings. The van der Waals surface area contributed by atoms with Gasteiger partial charge in [-0.2, -0.15) is 0 Å². The number of nitro groups is 1. The molecule has 0 aromatic heterocycles. The SMILES string of the molecule is Cc1cc([N+](=O)[O-])cc(C)c1Oc1ccc(OC(F)(F)F)cc1. The van der Waals surface area contributed by atoms with Crippen molar-refractivity contribution < 1.29 is 27.6 Å². The van der Waals surface area contributed by atoms with Gasteiger partial charge in [0.05, 0.1) is 4.92 Å². The summed E-state index contributed by atoms with van der Waals surface area (Å²) >= 11 is 0. The van der Waals surface area contributed by atoms with Crippen molar-refractivity contribution in [3.8, 4) is 17.2 Å². The van der Waals surface area contributed by atoms with Gasteiger partial charge in [-0.1, -0.05) is 0 Å². The highest BCUT2D eigenvalue weighted by molar-refractivity contribution is 5.50. The molecule has 0 atom stereocenters. The molecule has 0 saturated heterocycles. The molecular formula is C15H12F3NO4. The van der Waals surface area contributed by atoms with Crippen LogP contribution >= 0.6 is 0 Å². The van der Waals surface area contributed by atoms with E-state index in [2.05, 4.69) is 4.74 Å². The quantitative estimate of drug-likeness (QED) is 0.592. The summed E-state index contributed by atoms with van der Waals surface area (Å²) in [4.78, 5) is 10.3. The number of ether oxygens (including phenoxy) is 2. The van der Waals surface area contributed by atoms with Crippen molar-refractivity contribution in [2.75, 3.05) is 0 Å². The minimum Gasteiger partial charge on any atom is -0.457 e. The number of halogens is 3. The van der Waals surface area contributed by atoms with Crippen LogP contribution in [-0.2, 0) is 0 Å². The summed E-state index contributed by atoms with van der Waals surface area (Å²) in [6, 6.07) is 7.62. The highest BCUT2D eigenvalue weighted by Gasteiger charge is 2.31. The summed E-state index contributed by atoms with van der Waals surface area (Å²) in [5, 5.41) is 10.8. The predicted molar refractivity (Wildman–Crippen MR) is 75.8 cm³/mol. The zero-order chi connectivity index (χ0) is 17.2. The maximum absolute atomic E-state index is 12.1. The number of hydrogen-bond acceptors (Lipinski definition) is 4. The largest absolute Gasteiger partial charge is 0.573 e. The minimum atomic E-state index is -4.76. The van der Waals surface area contributed by atoms with Gasteiger partial charge in [-0.3, -0.25) is 10.1 Å². The number of hydrogen-bond donors (Lipinski definition) is 0. The van der Waals surface area contributed by atoms with Crippen LogP contribution < -0.4 is 9.47 Å². The number of alkyl halides is 3. The molecule has 0 radical (unpaired) electrons. The molecule has 0 heterocycles. The van der Waals surface area contributed by atoms with Gasteiger partial charge in [-0.15, -0.1) is 13.2 Å². The minimum absolute atomic E-state index is 0.0544. The van der Waals surface area contributed by atoms with Crippen LogP contribution in [0.5, 0.6) is 17.2 Å². The molecule has 0 amide bonds. The zero-order valence-electron chi connectivity index (χ0n) is 12.2. The lowest BCUT2D eigenvalue weighted by Crippen LogP contribution is -2.16.